The molecule has 0 aliphatic carbocycles. The summed E-state index contributed by atoms with van der Waals surface area (Å²) in [5.41, 5.74) is 4.35. The zero-order valence-electron chi connectivity index (χ0n) is 13.0. The van der Waals surface area contributed by atoms with Crippen molar-refractivity contribution >= 4 is 27.8 Å². The lowest BCUT2D eigenvalue weighted by Crippen LogP contribution is -2.10. The molecule has 4 nitrogen and oxygen atoms in total. The van der Waals surface area contributed by atoms with Crippen LogP contribution in [0.1, 0.15) is 18.1 Å². The van der Waals surface area contributed by atoms with Crippen LogP contribution in [0.25, 0.3) is 21.8 Å². The lowest BCUT2D eigenvalue weighted by Gasteiger charge is -2.10. The van der Waals surface area contributed by atoms with Gasteiger partial charge in [-0.25, -0.2) is 4.79 Å². The number of hydrogen-bond donors (Lipinski definition) is 1. The van der Waals surface area contributed by atoms with Crippen LogP contribution in [0.2, 0.25) is 0 Å². The predicted molar refractivity (Wildman–Crippen MR) is 87.7 cm³/mol. The van der Waals surface area contributed by atoms with Crippen LogP contribution in [-0.2, 0) is 11.3 Å². The number of nitrogens with zero attached hydrogens (tertiary/aromatic N) is 1. The van der Waals surface area contributed by atoms with Crippen molar-refractivity contribution in [3.8, 4) is 5.75 Å². The van der Waals surface area contributed by atoms with Gasteiger partial charge in [0.05, 0.1) is 5.52 Å². The van der Waals surface area contributed by atoms with E-state index in [4.69, 9.17) is 9.84 Å². The number of fused-ring (bicyclic) bond motifs is 3. The van der Waals surface area contributed by atoms with Crippen molar-refractivity contribution < 1.29 is 14.6 Å². The molecule has 0 fully saturated rings. The summed E-state index contributed by atoms with van der Waals surface area (Å²) in [7, 11) is 0. The number of rotatable bonds is 4. The molecule has 0 amide bonds. The normalized spacial score (nSPS) is 11.2. The van der Waals surface area contributed by atoms with Gasteiger partial charge in [-0.3, -0.25) is 0 Å². The summed E-state index contributed by atoms with van der Waals surface area (Å²) >= 11 is 0. The number of hydrogen-bond acceptors (Lipinski definition) is 2. The highest BCUT2D eigenvalue weighted by atomic mass is 16.5. The molecule has 1 heterocycles. The molecule has 1 N–H and O–H groups in total. The zero-order valence-corrected chi connectivity index (χ0v) is 13.0. The summed E-state index contributed by atoms with van der Waals surface area (Å²) in [6, 6.07) is 10.4. The van der Waals surface area contributed by atoms with Gasteiger partial charge in [-0.15, -0.1) is 0 Å². The Bertz CT molecular complexity index is 877. The molecular weight excluding hydrogens is 278 g/mol. The SMILES string of the molecule is CCn1c2ccc(C)cc2c2c(OCC(=O)O)c(C)ccc21. The number of benzene rings is 2. The highest BCUT2D eigenvalue weighted by molar-refractivity contribution is 6.12. The van der Waals surface area contributed by atoms with Gasteiger partial charge in [0.25, 0.3) is 0 Å². The average molecular weight is 297 g/mol. The van der Waals surface area contributed by atoms with E-state index in [1.54, 1.807) is 0 Å². The first-order valence-corrected chi connectivity index (χ1v) is 7.39. The summed E-state index contributed by atoms with van der Waals surface area (Å²) < 4.78 is 7.84. The van der Waals surface area contributed by atoms with E-state index in [2.05, 4.69) is 42.7 Å². The van der Waals surface area contributed by atoms with Crippen molar-refractivity contribution in [1.82, 2.24) is 4.57 Å². The fraction of sp³-hybridized carbons (Fsp3) is 0.278. The number of carbonyl (C=O) groups is 1. The summed E-state index contributed by atoms with van der Waals surface area (Å²) in [5.74, 6) is -0.297. The molecule has 114 valence electrons. The number of aliphatic carboxylic acids is 1. The molecule has 0 aliphatic heterocycles. The smallest absolute Gasteiger partial charge is 0.341 e. The lowest BCUT2D eigenvalue weighted by molar-refractivity contribution is -0.139. The first-order chi connectivity index (χ1) is 10.5. The first-order valence-electron chi connectivity index (χ1n) is 7.39. The molecule has 0 aliphatic rings. The maximum absolute atomic E-state index is 10.9. The van der Waals surface area contributed by atoms with Gasteiger partial charge in [0, 0.05) is 22.8 Å². The van der Waals surface area contributed by atoms with Gasteiger partial charge in [0.2, 0.25) is 0 Å². The minimum atomic E-state index is -0.966. The molecule has 0 atom stereocenters. The monoisotopic (exact) mass is 297 g/mol. The minimum absolute atomic E-state index is 0.329. The van der Waals surface area contributed by atoms with Crippen LogP contribution in [0.5, 0.6) is 5.75 Å². The van der Waals surface area contributed by atoms with Crippen LogP contribution in [-0.4, -0.2) is 22.2 Å². The lowest BCUT2D eigenvalue weighted by atomic mass is 10.1. The summed E-state index contributed by atoms with van der Waals surface area (Å²) in [5, 5.41) is 11.0. The van der Waals surface area contributed by atoms with Crippen LogP contribution in [0.15, 0.2) is 30.3 Å². The van der Waals surface area contributed by atoms with Crippen molar-refractivity contribution in [3.05, 3.63) is 41.5 Å². The van der Waals surface area contributed by atoms with Gasteiger partial charge in [0.1, 0.15) is 5.75 Å². The standard InChI is InChI=1S/C18H19NO3/c1-4-19-14-7-5-11(2)9-13(14)17-15(19)8-6-12(3)18(17)22-10-16(20)21/h5-9H,4,10H2,1-3H3,(H,20,21). The van der Waals surface area contributed by atoms with E-state index >= 15 is 0 Å². The van der Waals surface area contributed by atoms with Crippen molar-refractivity contribution in [2.75, 3.05) is 6.61 Å². The van der Waals surface area contributed by atoms with Gasteiger partial charge in [0.15, 0.2) is 6.61 Å². The van der Waals surface area contributed by atoms with Crippen LogP contribution in [0.4, 0.5) is 0 Å². The average Bonchev–Trinajstić information content (AvgIpc) is 2.79. The van der Waals surface area contributed by atoms with E-state index in [1.807, 2.05) is 13.0 Å². The van der Waals surface area contributed by atoms with Gasteiger partial charge in [-0.2, -0.15) is 0 Å². The molecule has 0 saturated carbocycles. The Hall–Kier alpha value is -2.49. The Balaban J connectivity index is 2.38. The van der Waals surface area contributed by atoms with Crippen molar-refractivity contribution in [1.29, 1.82) is 0 Å². The first kappa shape index (κ1) is 14.4. The Morgan fingerprint density at radius 3 is 2.59 bits per heavy atom. The molecule has 3 aromatic rings. The van der Waals surface area contributed by atoms with E-state index in [9.17, 15) is 4.79 Å². The van der Waals surface area contributed by atoms with Crippen LogP contribution < -0.4 is 4.74 Å². The topological polar surface area (TPSA) is 51.5 Å². The fourth-order valence-corrected chi connectivity index (χ4v) is 3.04. The van der Waals surface area contributed by atoms with E-state index in [1.165, 1.54) is 5.56 Å². The van der Waals surface area contributed by atoms with Crippen LogP contribution in [0, 0.1) is 13.8 Å². The highest BCUT2D eigenvalue weighted by Crippen LogP contribution is 2.38. The Kier molecular flexibility index (Phi) is 3.53. The minimum Gasteiger partial charge on any atom is -0.481 e. The molecule has 0 saturated heterocycles. The van der Waals surface area contributed by atoms with Gasteiger partial charge >= 0.3 is 5.97 Å². The number of ether oxygens (including phenoxy) is 1. The van der Waals surface area contributed by atoms with E-state index in [-0.39, 0.29) is 6.61 Å². The molecule has 4 heteroatoms. The summed E-state index contributed by atoms with van der Waals surface area (Å²) in [6.45, 7) is 6.63. The molecule has 22 heavy (non-hydrogen) atoms. The molecule has 3 rings (SSSR count). The third kappa shape index (κ3) is 2.21. The third-order valence-electron chi connectivity index (χ3n) is 3.99. The van der Waals surface area contributed by atoms with Gasteiger partial charge < -0.3 is 14.4 Å². The van der Waals surface area contributed by atoms with Gasteiger partial charge in [-0.05, 0) is 44.5 Å². The number of aromatic nitrogens is 1. The van der Waals surface area contributed by atoms with E-state index < -0.39 is 5.97 Å². The van der Waals surface area contributed by atoms with Crippen LogP contribution >= 0.6 is 0 Å². The third-order valence-corrected chi connectivity index (χ3v) is 3.99. The van der Waals surface area contributed by atoms with Crippen molar-refractivity contribution in [3.63, 3.8) is 0 Å². The number of aryl methyl sites for hydroxylation is 3. The second-order valence-electron chi connectivity index (χ2n) is 5.55. The maximum Gasteiger partial charge on any atom is 0.341 e. The molecule has 2 aromatic carbocycles. The van der Waals surface area contributed by atoms with E-state index in [0.29, 0.717) is 5.75 Å². The maximum atomic E-state index is 10.9. The summed E-state index contributed by atoms with van der Waals surface area (Å²) in [6.07, 6.45) is 0. The molecule has 1 aromatic heterocycles. The highest BCUT2D eigenvalue weighted by Gasteiger charge is 2.16. The van der Waals surface area contributed by atoms with Crippen LogP contribution in [0.3, 0.4) is 0 Å². The fourth-order valence-electron chi connectivity index (χ4n) is 3.04. The van der Waals surface area contributed by atoms with Crippen molar-refractivity contribution in [2.24, 2.45) is 0 Å². The predicted octanol–water partition coefficient (Wildman–Crippen LogP) is 3.89. The largest absolute Gasteiger partial charge is 0.481 e. The Morgan fingerprint density at radius 1 is 1.18 bits per heavy atom. The van der Waals surface area contributed by atoms with E-state index in [0.717, 1.165) is 33.9 Å². The quantitative estimate of drug-likeness (QED) is 0.794. The molecule has 0 bridgehead atoms. The zero-order chi connectivity index (χ0) is 15.9. The molecule has 0 unspecified atom stereocenters. The van der Waals surface area contributed by atoms with Gasteiger partial charge in [-0.1, -0.05) is 17.7 Å². The number of carboxylic acid groups (broad SMARTS) is 1. The molecular formula is C18H19NO3. The Labute approximate surface area is 128 Å². The Morgan fingerprint density at radius 2 is 1.91 bits per heavy atom. The second-order valence-corrected chi connectivity index (χ2v) is 5.55. The number of carboxylic acids is 1. The molecule has 0 spiro atoms. The van der Waals surface area contributed by atoms with Crippen molar-refractivity contribution in [2.45, 2.75) is 27.3 Å². The summed E-state index contributed by atoms with van der Waals surface area (Å²) in [4.78, 5) is 10.9. The second kappa shape index (κ2) is 5.37. The molecule has 0 radical (unpaired) electrons.